The molecule has 2 rings (SSSR count). The minimum absolute atomic E-state index is 0.0575. The summed E-state index contributed by atoms with van der Waals surface area (Å²) in [5.41, 5.74) is 5.27. The van der Waals surface area contributed by atoms with Crippen molar-refractivity contribution >= 4 is 23.8 Å². The topological polar surface area (TPSA) is 142 Å². The van der Waals surface area contributed by atoms with Crippen molar-refractivity contribution in [2.24, 2.45) is 0 Å². The number of carboxylic acid groups (broad SMARTS) is 1. The van der Waals surface area contributed by atoms with Crippen LogP contribution in [0.5, 0.6) is 0 Å². The maximum absolute atomic E-state index is 11.0. The van der Waals surface area contributed by atoms with Crippen LogP contribution in [0.3, 0.4) is 0 Å². The number of benzene rings is 1. The molecule has 1 aromatic carbocycles. The Balaban J connectivity index is 0.000000451. The molecule has 1 heterocycles. The predicted molar refractivity (Wildman–Crippen MR) is 77.6 cm³/mol. The van der Waals surface area contributed by atoms with Crippen LogP contribution < -0.4 is 5.73 Å². The molecule has 1 aliphatic rings. The number of ether oxygens (including phenoxy) is 2. The van der Waals surface area contributed by atoms with Crippen LogP contribution in [0.2, 0.25) is 0 Å². The third-order valence-corrected chi connectivity index (χ3v) is 2.47. The molecule has 0 amide bonds. The van der Waals surface area contributed by atoms with Crippen molar-refractivity contribution < 1.29 is 29.1 Å². The van der Waals surface area contributed by atoms with Gasteiger partial charge in [-0.2, -0.15) is 0 Å². The first-order chi connectivity index (χ1) is 10.5. The van der Waals surface area contributed by atoms with Gasteiger partial charge in [0.1, 0.15) is 5.69 Å². The number of anilines is 1. The van der Waals surface area contributed by atoms with Gasteiger partial charge in [-0.25, -0.2) is 4.79 Å². The van der Waals surface area contributed by atoms with E-state index in [9.17, 15) is 14.9 Å². The molecule has 0 aliphatic carbocycles. The molecule has 1 saturated heterocycles. The highest BCUT2D eigenvalue weighted by molar-refractivity contribution is 5.91. The molecule has 0 spiro atoms. The Morgan fingerprint density at radius 3 is 2.32 bits per heavy atom. The number of carbonyl (C=O) groups excluding carboxylic acids is 1. The second-order valence-electron chi connectivity index (χ2n) is 3.95. The van der Waals surface area contributed by atoms with Crippen LogP contribution in [0, 0.1) is 10.1 Å². The van der Waals surface area contributed by atoms with Crippen LogP contribution in [0.25, 0.3) is 0 Å². The van der Waals surface area contributed by atoms with Crippen LogP contribution in [-0.2, 0) is 14.3 Å². The van der Waals surface area contributed by atoms with Gasteiger partial charge in [0, 0.05) is 19.3 Å². The number of nitro groups is 1. The van der Waals surface area contributed by atoms with E-state index in [4.69, 9.17) is 20.4 Å². The molecule has 9 nitrogen and oxygen atoms in total. The van der Waals surface area contributed by atoms with Crippen LogP contribution in [0.15, 0.2) is 18.2 Å². The van der Waals surface area contributed by atoms with E-state index < -0.39 is 10.9 Å². The number of esters is 1. The minimum Gasteiger partial charge on any atom is -0.483 e. The molecule has 0 radical (unpaired) electrons. The van der Waals surface area contributed by atoms with E-state index in [2.05, 4.69) is 4.74 Å². The van der Waals surface area contributed by atoms with Gasteiger partial charge in [-0.15, -0.1) is 0 Å². The fourth-order valence-electron chi connectivity index (χ4n) is 1.48. The summed E-state index contributed by atoms with van der Waals surface area (Å²) in [6.07, 6.45) is 2.56. The van der Waals surface area contributed by atoms with E-state index >= 15 is 0 Å². The van der Waals surface area contributed by atoms with Crippen LogP contribution in [-0.4, -0.2) is 42.8 Å². The van der Waals surface area contributed by atoms with Crippen molar-refractivity contribution in [3.8, 4) is 0 Å². The molecule has 22 heavy (non-hydrogen) atoms. The monoisotopic (exact) mass is 314 g/mol. The number of hydrogen-bond acceptors (Lipinski definition) is 7. The molecule has 1 aliphatic heterocycles. The SMILES string of the molecule is C1CCOC1.COC(=O)c1ccc([N+](=O)[O-])c(N)c1.O=CO. The van der Waals surface area contributed by atoms with Gasteiger partial charge >= 0.3 is 5.97 Å². The largest absolute Gasteiger partial charge is 0.483 e. The van der Waals surface area contributed by atoms with Gasteiger partial charge < -0.3 is 20.3 Å². The normalized spacial score (nSPS) is 12.0. The highest BCUT2D eigenvalue weighted by Gasteiger charge is 2.14. The maximum Gasteiger partial charge on any atom is 0.337 e. The van der Waals surface area contributed by atoms with E-state index in [1.807, 2.05) is 0 Å². The molecular weight excluding hydrogens is 296 g/mol. The second-order valence-corrected chi connectivity index (χ2v) is 3.95. The van der Waals surface area contributed by atoms with Gasteiger partial charge in [0.05, 0.1) is 17.6 Å². The number of carbonyl (C=O) groups is 2. The van der Waals surface area contributed by atoms with Gasteiger partial charge in [0.25, 0.3) is 12.2 Å². The lowest BCUT2D eigenvalue weighted by Crippen LogP contribution is -2.03. The fraction of sp³-hybridized carbons (Fsp3) is 0.385. The fourth-order valence-corrected chi connectivity index (χ4v) is 1.48. The molecule has 9 heteroatoms. The maximum atomic E-state index is 11.0. The number of rotatable bonds is 2. The summed E-state index contributed by atoms with van der Waals surface area (Å²) < 4.78 is 9.37. The smallest absolute Gasteiger partial charge is 0.337 e. The molecule has 0 atom stereocenters. The Kier molecular flexibility index (Phi) is 9.69. The summed E-state index contributed by atoms with van der Waals surface area (Å²) in [6.45, 7) is 1.75. The van der Waals surface area contributed by atoms with E-state index in [-0.39, 0.29) is 23.4 Å². The lowest BCUT2D eigenvalue weighted by atomic mass is 10.2. The van der Waals surface area contributed by atoms with Crippen molar-refractivity contribution in [1.82, 2.24) is 0 Å². The lowest BCUT2D eigenvalue weighted by molar-refractivity contribution is -0.383. The third kappa shape index (κ3) is 7.20. The average molecular weight is 314 g/mol. The van der Waals surface area contributed by atoms with E-state index in [1.54, 1.807) is 0 Å². The zero-order valence-corrected chi connectivity index (χ0v) is 12.1. The molecular formula is C13H18N2O7. The summed E-state index contributed by atoms with van der Waals surface area (Å²) >= 11 is 0. The second kappa shape index (κ2) is 11.0. The Morgan fingerprint density at radius 1 is 1.45 bits per heavy atom. The Labute approximate surface area is 126 Å². The van der Waals surface area contributed by atoms with Crippen LogP contribution in [0.4, 0.5) is 11.4 Å². The number of nitrogens with two attached hydrogens (primary N) is 1. The standard InChI is InChI=1S/C8H8N2O4.C4H8O.CH2O2/c1-14-8(11)5-2-3-7(10(12)13)6(9)4-5;1-2-4-5-3-1;2-1-3/h2-4H,9H2,1H3;1-4H2;1H,(H,2,3). The molecule has 1 fully saturated rings. The Bertz CT molecular complexity index is 494. The summed E-state index contributed by atoms with van der Waals surface area (Å²) in [6, 6.07) is 3.67. The van der Waals surface area contributed by atoms with Gasteiger partial charge in [-0.05, 0) is 25.0 Å². The third-order valence-electron chi connectivity index (χ3n) is 2.47. The summed E-state index contributed by atoms with van der Waals surface area (Å²) in [4.78, 5) is 29.1. The highest BCUT2D eigenvalue weighted by atomic mass is 16.6. The zero-order chi connectivity index (χ0) is 17.0. The zero-order valence-electron chi connectivity index (χ0n) is 12.1. The highest BCUT2D eigenvalue weighted by Crippen LogP contribution is 2.22. The van der Waals surface area contributed by atoms with E-state index in [0.717, 1.165) is 13.2 Å². The number of methoxy groups -OCH3 is 1. The minimum atomic E-state index is -0.615. The first kappa shape index (κ1) is 19.3. The van der Waals surface area contributed by atoms with Crippen molar-refractivity contribution in [3.05, 3.63) is 33.9 Å². The summed E-state index contributed by atoms with van der Waals surface area (Å²) in [5, 5.41) is 17.3. The van der Waals surface area contributed by atoms with Crippen LogP contribution in [0.1, 0.15) is 23.2 Å². The number of nitrogen functional groups attached to an aromatic ring is 1. The van der Waals surface area contributed by atoms with Crippen LogP contribution >= 0.6 is 0 Å². The molecule has 0 unspecified atom stereocenters. The molecule has 1 aromatic rings. The molecule has 3 N–H and O–H groups in total. The first-order valence-electron chi connectivity index (χ1n) is 6.25. The predicted octanol–water partition coefficient (Wildman–Crippen LogP) is 1.46. The van der Waals surface area contributed by atoms with Gasteiger partial charge in [0.15, 0.2) is 0 Å². The number of nitro benzene ring substituents is 1. The molecule has 0 saturated carbocycles. The van der Waals surface area contributed by atoms with Crippen molar-refractivity contribution in [2.75, 3.05) is 26.1 Å². The Hall–Kier alpha value is -2.68. The number of nitrogens with zero attached hydrogens (tertiary/aromatic N) is 1. The average Bonchev–Trinajstić information content (AvgIpc) is 3.06. The molecule has 122 valence electrons. The lowest BCUT2D eigenvalue weighted by Gasteiger charge is -2.00. The van der Waals surface area contributed by atoms with Crippen molar-refractivity contribution in [3.63, 3.8) is 0 Å². The molecule has 0 bridgehead atoms. The summed E-state index contributed by atoms with van der Waals surface area (Å²) in [7, 11) is 1.22. The summed E-state index contributed by atoms with van der Waals surface area (Å²) in [5.74, 6) is -0.577. The van der Waals surface area contributed by atoms with Crippen molar-refractivity contribution in [1.29, 1.82) is 0 Å². The van der Waals surface area contributed by atoms with E-state index in [0.29, 0.717) is 0 Å². The molecule has 0 aromatic heterocycles. The van der Waals surface area contributed by atoms with Crippen molar-refractivity contribution in [2.45, 2.75) is 12.8 Å². The van der Waals surface area contributed by atoms with Gasteiger partial charge in [-0.1, -0.05) is 0 Å². The first-order valence-corrected chi connectivity index (χ1v) is 6.25. The number of hydrogen-bond donors (Lipinski definition) is 2. The quantitative estimate of drug-likeness (QED) is 0.274. The van der Waals surface area contributed by atoms with Gasteiger partial charge in [-0.3, -0.25) is 14.9 Å². The van der Waals surface area contributed by atoms with Gasteiger partial charge in [0.2, 0.25) is 0 Å². The van der Waals surface area contributed by atoms with E-state index in [1.165, 1.54) is 38.2 Å². The Morgan fingerprint density at radius 2 is 2.00 bits per heavy atom.